The van der Waals surface area contributed by atoms with Gasteiger partial charge in [0.2, 0.25) is 0 Å². The van der Waals surface area contributed by atoms with Crippen molar-refractivity contribution in [3.8, 4) is 0 Å². The van der Waals surface area contributed by atoms with Gasteiger partial charge in [-0.1, -0.05) is 0 Å². The van der Waals surface area contributed by atoms with Crippen molar-refractivity contribution in [3.05, 3.63) is 56.4 Å². The summed E-state index contributed by atoms with van der Waals surface area (Å²) in [6, 6.07) is 0. The molecule has 0 aliphatic heterocycles. The van der Waals surface area contributed by atoms with Crippen LogP contribution in [0.25, 0.3) is 0 Å². The van der Waals surface area contributed by atoms with Crippen LogP contribution in [-0.2, 0) is 11.5 Å². The van der Waals surface area contributed by atoms with Crippen molar-refractivity contribution >= 4 is 34.9 Å². The molecular weight excluding hydrogens is 392 g/mol. The third-order valence-corrected chi connectivity index (χ3v) is 6.17. The Hall–Kier alpha value is -1.72. The van der Waals surface area contributed by atoms with E-state index in [1.807, 2.05) is 12.3 Å². The Labute approximate surface area is 164 Å². The number of H-pyrrole nitrogens is 1. The lowest BCUT2D eigenvalue weighted by molar-refractivity contribution is -0.404. The van der Waals surface area contributed by atoms with E-state index in [2.05, 4.69) is 25.6 Å². The first-order valence-electron chi connectivity index (χ1n) is 8.01. The van der Waals surface area contributed by atoms with E-state index in [1.54, 1.807) is 47.4 Å². The van der Waals surface area contributed by atoms with Crippen LogP contribution in [-0.4, -0.2) is 44.5 Å². The van der Waals surface area contributed by atoms with Gasteiger partial charge >= 0.3 is 0 Å². The largest absolute Gasteiger partial charge is 0.366 e. The number of thioether (sulfide) groups is 2. The first-order valence-corrected chi connectivity index (χ1v) is 11.2. The van der Waals surface area contributed by atoms with Crippen LogP contribution in [0.4, 0.5) is 0 Å². The summed E-state index contributed by atoms with van der Waals surface area (Å²) < 4.78 is 0. The van der Waals surface area contributed by atoms with E-state index in [-0.39, 0.29) is 0 Å². The Balaban J connectivity index is 1.60. The molecule has 0 atom stereocenters. The van der Waals surface area contributed by atoms with Gasteiger partial charge in [-0.2, -0.15) is 23.5 Å². The molecule has 3 N–H and O–H groups in total. The van der Waals surface area contributed by atoms with E-state index in [1.165, 1.54) is 0 Å². The molecule has 0 unspecified atom stereocenters. The molecule has 0 aromatic carbocycles. The minimum absolute atomic E-state index is 0.445. The van der Waals surface area contributed by atoms with Crippen LogP contribution in [0.1, 0.15) is 16.4 Å². The number of nitro groups is 1. The van der Waals surface area contributed by atoms with Gasteiger partial charge in [-0.25, -0.2) is 9.97 Å². The van der Waals surface area contributed by atoms with Crippen LogP contribution < -0.4 is 10.6 Å². The fourth-order valence-electron chi connectivity index (χ4n) is 1.97. The van der Waals surface area contributed by atoms with Crippen molar-refractivity contribution in [1.29, 1.82) is 0 Å². The fourth-order valence-corrected chi connectivity index (χ4v) is 4.42. The van der Waals surface area contributed by atoms with Crippen LogP contribution in [0.2, 0.25) is 0 Å². The fraction of sp³-hybridized carbons (Fsp3) is 0.467. The molecule has 8 nitrogen and oxygen atoms in total. The molecule has 2 aromatic rings. The van der Waals surface area contributed by atoms with E-state index >= 15 is 0 Å². The zero-order valence-electron chi connectivity index (χ0n) is 14.4. The molecular formula is C15H22N6O2S3. The standard InChI is InChI=1S/C15H22N6O2S3/c1-12-13(20-11-19-12)9-24-5-2-16-14(8-21(22)23)17-3-6-25-10-15-18-4-7-26-15/h4,7-8,11,16-17H,2-3,5-6,9-10H2,1H3,(H,19,20)/b14-8+. The minimum atomic E-state index is -0.445. The van der Waals surface area contributed by atoms with Gasteiger partial charge in [0.1, 0.15) is 5.01 Å². The summed E-state index contributed by atoms with van der Waals surface area (Å²) in [5.41, 5.74) is 2.13. The van der Waals surface area contributed by atoms with Crippen molar-refractivity contribution < 1.29 is 4.92 Å². The highest BCUT2D eigenvalue weighted by Crippen LogP contribution is 2.13. The second-order valence-electron chi connectivity index (χ2n) is 5.18. The third kappa shape index (κ3) is 8.11. The molecule has 0 saturated heterocycles. The number of imidazole rings is 1. The van der Waals surface area contributed by atoms with Gasteiger partial charge < -0.3 is 15.6 Å². The minimum Gasteiger partial charge on any atom is -0.366 e. The van der Waals surface area contributed by atoms with Crippen LogP contribution >= 0.6 is 34.9 Å². The maximum Gasteiger partial charge on any atom is 0.274 e. The molecule has 0 aliphatic rings. The van der Waals surface area contributed by atoms with Crippen molar-refractivity contribution in [1.82, 2.24) is 25.6 Å². The quantitative estimate of drug-likeness (QED) is 0.261. The SMILES string of the molecule is Cc1nc[nH]c1CSCCN/C(=C\[N+](=O)[O-])NCCSCc1nccs1. The van der Waals surface area contributed by atoms with Gasteiger partial charge in [-0.3, -0.25) is 10.1 Å². The lowest BCUT2D eigenvalue weighted by atomic mass is 10.4. The van der Waals surface area contributed by atoms with E-state index in [0.29, 0.717) is 18.9 Å². The Bertz CT molecular complexity index is 689. The highest BCUT2D eigenvalue weighted by atomic mass is 32.2. The van der Waals surface area contributed by atoms with E-state index in [9.17, 15) is 10.1 Å². The lowest BCUT2D eigenvalue weighted by Crippen LogP contribution is -2.30. The zero-order chi connectivity index (χ0) is 18.6. The molecule has 0 bridgehead atoms. The molecule has 2 heterocycles. The Morgan fingerprint density at radius 1 is 1.31 bits per heavy atom. The number of nitrogens with one attached hydrogen (secondary N) is 3. The average molecular weight is 415 g/mol. The molecule has 142 valence electrons. The monoisotopic (exact) mass is 414 g/mol. The summed E-state index contributed by atoms with van der Waals surface area (Å²) in [5, 5.41) is 20.0. The van der Waals surface area contributed by atoms with Crippen molar-refractivity contribution in [2.45, 2.75) is 18.4 Å². The average Bonchev–Trinajstić information content (AvgIpc) is 3.25. The molecule has 11 heteroatoms. The first-order chi connectivity index (χ1) is 12.6. The molecule has 26 heavy (non-hydrogen) atoms. The summed E-state index contributed by atoms with van der Waals surface area (Å²) in [5.74, 6) is 3.86. The predicted octanol–water partition coefficient (Wildman–Crippen LogP) is 2.60. The van der Waals surface area contributed by atoms with Crippen molar-refractivity contribution in [2.24, 2.45) is 0 Å². The number of thiazole rings is 1. The molecule has 0 radical (unpaired) electrons. The van der Waals surface area contributed by atoms with Gasteiger partial charge in [0.15, 0.2) is 5.82 Å². The molecule has 0 aliphatic carbocycles. The normalized spacial score (nSPS) is 11.5. The van der Waals surface area contributed by atoms with E-state index < -0.39 is 4.92 Å². The lowest BCUT2D eigenvalue weighted by Gasteiger charge is -2.11. The topological polar surface area (TPSA) is 109 Å². The van der Waals surface area contributed by atoms with Crippen molar-refractivity contribution in [2.75, 3.05) is 24.6 Å². The van der Waals surface area contributed by atoms with Crippen LogP contribution in [0.3, 0.4) is 0 Å². The molecule has 0 fully saturated rings. The number of nitrogens with zero attached hydrogens (tertiary/aromatic N) is 3. The zero-order valence-corrected chi connectivity index (χ0v) is 16.9. The van der Waals surface area contributed by atoms with Gasteiger partial charge in [-0.05, 0) is 6.92 Å². The first kappa shape index (κ1) is 20.6. The van der Waals surface area contributed by atoms with Gasteiger partial charge in [-0.15, -0.1) is 11.3 Å². The molecule has 2 aromatic heterocycles. The molecule has 2 rings (SSSR count). The molecule has 0 amide bonds. The van der Waals surface area contributed by atoms with Crippen molar-refractivity contribution in [3.63, 3.8) is 0 Å². The number of aromatic nitrogens is 3. The van der Waals surface area contributed by atoms with Crippen LogP contribution in [0.5, 0.6) is 0 Å². The highest BCUT2D eigenvalue weighted by molar-refractivity contribution is 7.98. The Morgan fingerprint density at radius 2 is 2.04 bits per heavy atom. The Kier molecular flexibility index (Phi) is 9.35. The highest BCUT2D eigenvalue weighted by Gasteiger charge is 2.04. The Morgan fingerprint density at radius 3 is 2.62 bits per heavy atom. The second-order valence-corrected chi connectivity index (χ2v) is 8.37. The van der Waals surface area contributed by atoms with E-state index in [4.69, 9.17) is 0 Å². The molecule has 0 spiro atoms. The summed E-state index contributed by atoms with van der Waals surface area (Å²) >= 11 is 5.14. The van der Waals surface area contributed by atoms with Crippen LogP contribution in [0, 0.1) is 17.0 Å². The summed E-state index contributed by atoms with van der Waals surface area (Å²) in [6.45, 7) is 3.28. The number of rotatable bonds is 13. The summed E-state index contributed by atoms with van der Waals surface area (Å²) in [4.78, 5) is 21.8. The predicted molar refractivity (Wildman–Crippen MR) is 109 cm³/mol. The maximum absolute atomic E-state index is 10.8. The third-order valence-electron chi connectivity index (χ3n) is 3.25. The number of aryl methyl sites for hydroxylation is 1. The summed E-state index contributed by atoms with van der Waals surface area (Å²) in [7, 11) is 0. The number of aromatic amines is 1. The molecule has 0 saturated carbocycles. The van der Waals surface area contributed by atoms with E-state index in [0.717, 1.165) is 45.6 Å². The van der Waals surface area contributed by atoms with Gasteiger partial charge in [0.25, 0.3) is 6.20 Å². The number of hydrogen-bond acceptors (Lipinski definition) is 9. The van der Waals surface area contributed by atoms with Gasteiger partial charge in [0, 0.05) is 53.4 Å². The smallest absolute Gasteiger partial charge is 0.274 e. The van der Waals surface area contributed by atoms with Crippen LogP contribution in [0.15, 0.2) is 29.9 Å². The number of hydrogen-bond donors (Lipinski definition) is 3. The van der Waals surface area contributed by atoms with Gasteiger partial charge in [0.05, 0.1) is 16.9 Å². The second kappa shape index (κ2) is 11.8. The summed E-state index contributed by atoms with van der Waals surface area (Å²) in [6.07, 6.45) is 4.47. The maximum atomic E-state index is 10.8.